The number of amides is 3. The van der Waals surface area contributed by atoms with Crippen LogP contribution in [0.1, 0.15) is 35.2 Å². The highest BCUT2D eigenvalue weighted by atomic mass is 16.2. The summed E-state index contributed by atoms with van der Waals surface area (Å²) in [6.45, 7) is 4.57. The van der Waals surface area contributed by atoms with Crippen molar-refractivity contribution in [3.8, 4) is 0 Å². The SMILES string of the molecule is O=C(N[C@@H](Cc1ccccc1)C(=O)N1CCN(CC(=O)N2CCCCC2)CC1)c1ccccc1. The summed E-state index contributed by atoms with van der Waals surface area (Å²) in [5.41, 5.74) is 1.54. The van der Waals surface area contributed by atoms with Gasteiger partial charge in [0.05, 0.1) is 6.54 Å². The second-order valence-electron chi connectivity index (χ2n) is 9.12. The minimum Gasteiger partial charge on any atom is -0.342 e. The van der Waals surface area contributed by atoms with E-state index in [9.17, 15) is 14.4 Å². The van der Waals surface area contributed by atoms with Gasteiger partial charge >= 0.3 is 0 Å². The van der Waals surface area contributed by atoms with Crippen LogP contribution in [0.2, 0.25) is 0 Å². The maximum absolute atomic E-state index is 13.5. The maximum Gasteiger partial charge on any atom is 0.251 e. The third kappa shape index (κ3) is 6.44. The molecule has 0 unspecified atom stereocenters. The number of piperidine rings is 1. The van der Waals surface area contributed by atoms with Gasteiger partial charge in [-0.25, -0.2) is 0 Å². The van der Waals surface area contributed by atoms with Crippen molar-refractivity contribution < 1.29 is 14.4 Å². The molecule has 180 valence electrons. The highest BCUT2D eigenvalue weighted by Crippen LogP contribution is 2.12. The number of carbonyl (C=O) groups is 3. The van der Waals surface area contributed by atoms with Gasteiger partial charge in [0.15, 0.2) is 0 Å². The van der Waals surface area contributed by atoms with E-state index in [0.29, 0.717) is 44.7 Å². The van der Waals surface area contributed by atoms with Crippen LogP contribution in [0.25, 0.3) is 0 Å². The lowest BCUT2D eigenvalue weighted by molar-refractivity contribution is -0.136. The molecule has 2 aromatic rings. The van der Waals surface area contributed by atoms with Gasteiger partial charge < -0.3 is 15.1 Å². The molecule has 1 atom stereocenters. The molecule has 0 radical (unpaired) electrons. The minimum absolute atomic E-state index is 0.0739. The number of benzene rings is 2. The molecule has 0 bridgehead atoms. The van der Waals surface area contributed by atoms with Gasteiger partial charge in [-0.05, 0) is 37.0 Å². The molecule has 3 amide bonds. The van der Waals surface area contributed by atoms with Gasteiger partial charge in [0, 0.05) is 51.3 Å². The van der Waals surface area contributed by atoms with Crippen molar-refractivity contribution in [2.75, 3.05) is 45.8 Å². The molecule has 2 fully saturated rings. The van der Waals surface area contributed by atoms with E-state index in [-0.39, 0.29) is 17.7 Å². The lowest BCUT2D eigenvalue weighted by Crippen LogP contribution is -2.56. The minimum atomic E-state index is -0.642. The topological polar surface area (TPSA) is 73.0 Å². The molecule has 2 aliphatic rings. The molecule has 0 spiro atoms. The smallest absolute Gasteiger partial charge is 0.251 e. The number of carbonyl (C=O) groups excluding carboxylic acids is 3. The molecule has 7 heteroatoms. The van der Waals surface area contributed by atoms with E-state index < -0.39 is 6.04 Å². The molecule has 0 aliphatic carbocycles. The summed E-state index contributed by atoms with van der Waals surface area (Å²) in [7, 11) is 0. The van der Waals surface area contributed by atoms with Crippen LogP contribution in [0.3, 0.4) is 0 Å². The van der Waals surface area contributed by atoms with Crippen molar-refractivity contribution in [3.05, 3.63) is 71.8 Å². The van der Waals surface area contributed by atoms with E-state index in [0.717, 1.165) is 31.5 Å². The summed E-state index contributed by atoms with van der Waals surface area (Å²) in [6.07, 6.45) is 3.82. The van der Waals surface area contributed by atoms with Crippen LogP contribution >= 0.6 is 0 Å². The fourth-order valence-corrected chi connectivity index (χ4v) is 4.66. The molecule has 2 saturated heterocycles. The number of likely N-dealkylation sites (tertiary alicyclic amines) is 1. The largest absolute Gasteiger partial charge is 0.342 e. The molecule has 4 rings (SSSR count). The van der Waals surface area contributed by atoms with Gasteiger partial charge in [0.25, 0.3) is 5.91 Å². The van der Waals surface area contributed by atoms with E-state index in [1.807, 2.05) is 58.3 Å². The Morgan fingerprint density at radius 1 is 0.735 bits per heavy atom. The standard InChI is InChI=1S/C27H34N4O3/c32-25(30-14-8-3-9-15-30)21-29-16-18-31(19-17-29)27(34)24(20-22-10-4-1-5-11-22)28-26(33)23-12-6-2-7-13-23/h1-2,4-7,10-13,24H,3,8-9,14-21H2,(H,28,33)/t24-/m0/s1. The Morgan fingerprint density at radius 2 is 1.35 bits per heavy atom. The molecule has 0 saturated carbocycles. The zero-order valence-electron chi connectivity index (χ0n) is 19.7. The average Bonchev–Trinajstić information content (AvgIpc) is 2.90. The number of rotatable bonds is 7. The van der Waals surface area contributed by atoms with Crippen molar-refractivity contribution in [2.45, 2.75) is 31.7 Å². The van der Waals surface area contributed by atoms with Gasteiger partial charge in [-0.1, -0.05) is 48.5 Å². The Balaban J connectivity index is 1.36. The molecular weight excluding hydrogens is 428 g/mol. The van der Waals surface area contributed by atoms with E-state index in [2.05, 4.69) is 10.2 Å². The first-order valence-corrected chi connectivity index (χ1v) is 12.3. The molecule has 0 aromatic heterocycles. The fraction of sp³-hybridized carbons (Fsp3) is 0.444. The van der Waals surface area contributed by atoms with Gasteiger partial charge in [-0.2, -0.15) is 0 Å². The molecule has 1 N–H and O–H groups in total. The Kier molecular flexibility index (Phi) is 8.31. The Morgan fingerprint density at radius 3 is 2.00 bits per heavy atom. The van der Waals surface area contributed by atoms with Crippen LogP contribution in [0, 0.1) is 0 Å². The predicted molar refractivity (Wildman–Crippen MR) is 131 cm³/mol. The number of hydrogen-bond acceptors (Lipinski definition) is 4. The molecular formula is C27H34N4O3. The van der Waals surface area contributed by atoms with Crippen molar-refractivity contribution in [2.24, 2.45) is 0 Å². The lowest BCUT2D eigenvalue weighted by Gasteiger charge is -2.37. The quantitative estimate of drug-likeness (QED) is 0.685. The highest BCUT2D eigenvalue weighted by Gasteiger charge is 2.30. The van der Waals surface area contributed by atoms with Crippen LogP contribution in [-0.4, -0.2) is 84.3 Å². The summed E-state index contributed by atoms with van der Waals surface area (Å²) in [6, 6.07) is 18.1. The third-order valence-corrected chi connectivity index (χ3v) is 6.67. The lowest BCUT2D eigenvalue weighted by atomic mass is 10.0. The van der Waals surface area contributed by atoms with Crippen LogP contribution in [0.15, 0.2) is 60.7 Å². The summed E-state index contributed by atoms with van der Waals surface area (Å²) in [5.74, 6) is -0.132. The maximum atomic E-state index is 13.5. The normalized spacial score (nSPS) is 17.8. The second kappa shape index (κ2) is 11.8. The Bertz CT molecular complexity index is 952. The Hall–Kier alpha value is -3.19. The monoisotopic (exact) mass is 462 g/mol. The van der Waals surface area contributed by atoms with Crippen LogP contribution < -0.4 is 5.32 Å². The average molecular weight is 463 g/mol. The van der Waals surface area contributed by atoms with Gasteiger partial charge in [-0.15, -0.1) is 0 Å². The molecule has 34 heavy (non-hydrogen) atoms. The number of nitrogens with zero attached hydrogens (tertiary/aromatic N) is 3. The van der Waals surface area contributed by atoms with E-state index in [1.54, 1.807) is 12.1 Å². The number of hydrogen-bond donors (Lipinski definition) is 1. The predicted octanol–water partition coefficient (Wildman–Crippen LogP) is 2.18. The van der Waals surface area contributed by atoms with Crippen LogP contribution in [0.4, 0.5) is 0 Å². The van der Waals surface area contributed by atoms with E-state index in [4.69, 9.17) is 0 Å². The zero-order valence-corrected chi connectivity index (χ0v) is 19.7. The third-order valence-electron chi connectivity index (χ3n) is 6.67. The summed E-state index contributed by atoms with van der Waals surface area (Å²) in [4.78, 5) is 44.8. The van der Waals surface area contributed by atoms with Gasteiger partial charge in [0.2, 0.25) is 11.8 Å². The second-order valence-corrected chi connectivity index (χ2v) is 9.12. The fourth-order valence-electron chi connectivity index (χ4n) is 4.66. The van der Waals surface area contributed by atoms with Gasteiger partial charge in [0.1, 0.15) is 6.04 Å². The molecule has 2 aromatic carbocycles. The van der Waals surface area contributed by atoms with Crippen molar-refractivity contribution >= 4 is 17.7 Å². The molecule has 2 aliphatic heterocycles. The first kappa shape index (κ1) is 24.0. The van der Waals surface area contributed by atoms with Crippen LogP contribution in [0.5, 0.6) is 0 Å². The highest BCUT2D eigenvalue weighted by molar-refractivity contribution is 5.97. The first-order chi connectivity index (χ1) is 16.6. The van der Waals surface area contributed by atoms with Crippen LogP contribution in [-0.2, 0) is 16.0 Å². The molecule has 7 nitrogen and oxygen atoms in total. The van der Waals surface area contributed by atoms with Crippen molar-refractivity contribution in [1.29, 1.82) is 0 Å². The summed E-state index contributed by atoms with van der Waals surface area (Å²) >= 11 is 0. The van der Waals surface area contributed by atoms with Gasteiger partial charge in [-0.3, -0.25) is 19.3 Å². The number of piperazine rings is 1. The summed E-state index contributed by atoms with van der Waals surface area (Å²) < 4.78 is 0. The summed E-state index contributed by atoms with van der Waals surface area (Å²) in [5, 5.41) is 2.96. The first-order valence-electron chi connectivity index (χ1n) is 12.3. The van der Waals surface area contributed by atoms with Crippen molar-refractivity contribution in [3.63, 3.8) is 0 Å². The number of nitrogens with one attached hydrogen (secondary N) is 1. The van der Waals surface area contributed by atoms with E-state index >= 15 is 0 Å². The van der Waals surface area contributed by atoms with E-state index in [1.165, 1.54) is 6.42 Å². The zero-order chi connectivity index (χ0) is 23.8. The van der Waals surface area contributed by atoms with Crippen molar-refractivity contribution in [1.82, 2.24) is 20.0 Å². The Labute approximate surface area is 201 Å². The molecule has 2 heterocycles.